The Bertz CT molecular complexity index is 648. The lowest BCUT2D eigenvalue weighted by molar-refractivity contribution is 0.0698. The number of nitrogen functional groups attached to an aromatic ring is 1. The Hall–Kier alpha value is -2.83. The summed E-state index contributed by atoms with van der Waals surface area (Å²) in [6, 6.07) is 4.26. The summed E-state index contributed by atoms with van der Waals surface area (Å²) in [6.45, 7) is 1.70. The van der Waals surface area contributed by atoms with Crippen molar-refractivity contribution in [3.63, 3.8) is 0 Å². The summed E-state index contributed by atoms with van der Waals surface area (Å²) < 4.78 is 0. The fourth-order valence-electron chi connectivity index (χ4n) is 1.62. The van der Waals surface area contributed by atoms with E-state index < -0.39 is 11.9 Å². The van der Waals surface area contributed by atoms with Gasteiger partial charge in [-0.1, -0.05) is 0 Å². The number of rotatable bonds is 3. The molecule has 2 aromatic rings. The number of amides is 1. The van der Waals surface area contributed by atoms with E-state index in [1.54, 1.807) is 6.92 Å². The molecule has 98 valence electrons. The van der Waals surface area contributed by atoms with Crippen molar-refractivity contribution in [2.45, 2.75) is 6.92 Å². The van der Waals surface area contributed by atoms with Gasteiger partial charge < -0.3 is 16.2 Å². The van der Waals surface area contributed by atoms with Gasteiger partial charge in [-0.3, -0.25) is 9.89 Å². The predicted molar refractivity (Wildman–Crippen MR) is 69.1 cm³/mol. The number of aromatic carboxylic acids is 1. The van der Waals surface area contributed by atoms with E-state index >= 15 is 0 Å². The van der Waals surface area contributed by atoms with E-state index in [1.807, 2.05) is 0 Å². The van der Waals surface area contributed by atoms with Crippen LogP contribution in [0, 0.1) is 6.92 Å². The number of benzene rings is 1. The Morgan fingerprint density at radius 2 is 2.11 bits per heavy atom. The van der Waals surface area contributed by atoms with Gasteiger partial charge in [0.2, 0.25) is 0 Å². The van der Waals surface area contributed by atoms with Crippen LogP contribution in [0.2, 0.25) is 0 Å². The summed E-state index contributed by atoms with van der Waals surface area (Å²) in [5.41, 5.74) is 6.92. The molecule has 0 spiro atoms. The molecular formula is C12H12N4O3. The number of aromatic nitrogens is 2. The normalized spacial score (nSPS) is 10.2. The molecule has 0 fully saturated rings. The molecule has 0 bridgehead atoms. The van der Waals surface area contributed by atoms with Gasteiger partial charge in [0.05, 0.1) is 23.0 Å². The van der Waals surface area contributed by atoms with Crippen LogP contribution < -0.4 is 11.1 Å². The van der Waals surface area contributed by atoms with Crippen LogP contribution in [0.1, 0.15) is 26.4 Å². The van der Waals surface area contributed by atoms with E-state index in [2.05, 4.69) is 15.5 Å². The second-order valence-electron chi connectivity index (χ2n) is 3.97. The molecule has 19 heavy (non-hydrogen) atoms. The number of carboxylic acid groups (broad SMARTS) is 1. The summed E-state index contributed by atoms with van der Waals surface area (Å²) in [7, 11) is 0. The smallest absolute Gasteiger partial charge is 0.337 e. The number of carboxylic acids is 1. The molecule has 1 amide bonds. The number of hydrogen-bond donors (Lipinski definition) is 4. The highest BCUT2D eigenvalue weighted by Crippen LogP contribution is 2.20. The topological polar surface area (TPSA) is 121 Å². The second kappa shape index (κ2) is 4.81. The summed E-state index contributed by atoms with van der Waals surface area (Å²) in [6.07, 6.45) is 1.38. The number of nitrogens with two attached hydrogens (primary N) is 1. The molecule has 1 aromatic carbocycles. The number of nitrogens with one attached hydrogen (secondary N) is 2. The maximum atomic E-state index is 12.0. The van der Waals surface area contributed by atoms with Gasteiger partial charge in [-0.05, 0) is 25.1 Å². The Morgan fingerprint density at radius 1 is 1.37 bits per heavy atom. The van der Waals surface area contributed by atoms with E-state index in [1.165, 1.54) is 24.4 Å². The minimum absolute atomic E-state index is 0.0607. The average Bonchev–Trinajstić information content (AvgIpc) is 2.77. The van der Waals surface area contributed by atoms with Crippen LogP contribution in [0.4, 0.5) is 11.4 Å². The molecule has 0 aliphatic carbocycles. The molecule has 0 atom stereocenters. The highest BCUT2D eigenvalue weighted by molar-refractivity contribution is 6.08. The van der Waals surface area contributed by atoms with Crippen molar-refractivity contribution in [2.75, 3.05) is 11.1 Å². The zero-order valence-electron chi connectivity index (χ0n) is 10.1. The van der Waals surface area contributed by atoms with Gasteiger partial charge in [0.25, 0.3) is 5.91 Å². The van der Waals surface area contributed by atoms with Crippen LogP contribution in [0.15, 0.2) is 24.4 Å². The molecule has 7 nitrogen and oxygen atoms in total. The molecule has 0 saturated heterocycles. The summed E-state index contributed by atoms with van der Waals surface area (Å²) in [4.78, 5) is 23.0. The van der Waals surface area contributed by atoms with Crippen molar-refractivity contribution < 1.29 is 14.7 Å². The number of hydrogen-bond acceptors (Lipinski definition) is 4. The van der Waals surface area contributed by atoms with Gasteiger partial charge in [-0.2, -0.15) is 5.10 Å². The van der Waals surface area contributed by atoms with Crippen LogP contribution >= 0.6 is 0 Å². The average molecular weight is 260 g/mol. The van der Waals surface area contributed by atoms with E-state index in [0.717, 1.165) is 0 Å². The molecule has 1 heterocycles. The third-order valence-electron chi connectivity index (χ3n) is 2.60. The van der Waals surface area contributed by atoms with Crippen LogP contribution in [-0.4, -0.2) is 27.2 Å². The summed E-state index contributed by atoms with van der Waals surface area (Å²) in [5.74, 6) is -1.59. The van der Waals surface area contributed by atoms with E-state index in [-0.39, 0.29) is 11.3 Å². The fourth-order valence-corrected chi connectivity index (χ4v) is 1.62. The standard InChI is InChI=1S/C12H12N4O3/c1-6-9(5-14-16-6)11(17)15-10-3-2-7(13)4-8(10)12(18)19/h2-5H,13H2,1H3,(H,14,16)(H,15,17)(H,18,19). The monoisotopic (exact) mass is 260 g/mol. The lowest BCUT2D eigenvalue weighted by atomic mass is 10.1. The summed E-state index contributed by atoms with van der Waals surface area (Å²) >= 11 is 0. The minimum atomic E-state index is -1.16. The SMILES string of the molecule is Cc1[nH]ncc1C(=O)Nc1ccc(N)cc1C(=O)O. The minimum Gasteiger partial charge on any atom is -0.478 e. The van der Waals surface area contributed by atoms with Crippen LogP contribution in [0.5, 0.6) is 0 Å². The van der Waals surface area contributed by atoms with Gasteiger partial charge in [0.15, 0.2) is 0 Å². The first kappa shape index (κ1) is 12.6. The summed E-state index contributed by atoms with van der Waals surface area (Å²) in [5, 5.41) is 18.0. The molecule has 2 rings (SSSR count). The van der Waals surface area contributed by atoms with Gasteiger partial charge in [0.1, 0.15) is 0 Å². The Kier molecular flexibility index (Phi) is 3.19. The lowest BCUT2D eigenvalue weighted by Gasteiger charge is -2.08. The first-order valence-corrected chi connectivity index (χ1v) is 5.43. The van der Waals surface area contributed by atoms with Crippen molar-refractivity contribution in [3.05, 3.63) is 41.2 Å². The predicted octanol–water partition coefficient (Wildman–Crippen LogP) is 1.25. The lowest BCUT2D eigenvalue weighted by Crippen LogP contribution is -2.15. The van der Waals surface area contributed by atoms with E-state index in [4.69, 9.17) is 10.8 Å². The second-order valence-corrected chi connectivity index (χ2v) is 3.97. The molecule has 0 aliphatic rings. The number of anilines is 2. The van der Waals surface area contributed by atoms with Crippen molar-refractivity contribution in [2.24, 2.45) is 0 Å². The first-order chi connectivity index (χ1) is 8.99. The third-order valence-corrected chi connectivity index (χ3v) is 2.60. The molecular weight excluding hydrogens is 248 g/mol. The zero-order chi connectivity index (χ0) is 14.0. The van der Waals surface area contributed by atoms with Crippen molar-refractivity contribution >= 4 is 23.3 Å². The number of nitrogens with zero attached hydrogens (tertiary/aromatic N) is 1. The van der Waals surface area contributed by atoms with Gasteiger partial charge in [-0.15, -0.1) is 0 Å². The molecule has 0 unspecified atom stereocenters. The van der Waals surface area contributed by atoms with Crippen LogP contribution in [0.25, 0.3) is 0 Å². The molecule has 1 aromatic heterocycles. The number of aromatic amines is 1. The Morgan fingerprint density at radius 3 is 2.68 bits per heavy atom. The maximum absolute atomic E-state index is 12.0. The third kappa shape index (κ3) is 2.54. The number of carbonyl (C=O) groups excluding carboxylic acids is 1. The largest absolute Gasteiger partial charge is 0.478 e. The number of aryl methyl sites for hydroxylation is 1. The van der Waals surface area contributed by atoms with Crippen LogP contribution in [0.3, 0.4) is 0 Å². The fraction of sp³-hybridized carbons (Fsp3) is 0.0833. The highest BCUT2D eigenvalue weighted by Gasteiger charge is 2.16. The van der Waals surface area contributed by atoms with E-state index in [0.29, 0.717) is 16.9 Å². The number of H-pyrrole nitrogens is 1. The Balaban J connectivity index is 2.32. The molecule has 0 radical (unpaired) electrons. The molecule has 7 heteroatoms. The molecule has 0 aliphatic heterocycles. The molecule has 0 saturated carbocycles. The highest BCUT2D eigenvalue weighted by atomic mass is 16.4. The van der Waals surface area contributed by atoms with Crippen LogP contribution in [-0.2, 0) is 0 Å². The van der Waals surface area contributed by atoms with Crippen molar-refractivity contribution in [1.29, 1.82) is 0 Å². The van der Waals surface area contributed by atoms with Gasteiger partial charge in [-0.25, -0.2) is 4.79 Å². The molecule has 5 N–H and O–H groups in total. The zero-order valence-corrected chi connectivity index (χ0v) is 10.1. The van der Waals surface area contributed by atoms with Crippen molar-refractivity contribution in [3.8, 4) is 0 Å². The van der Waals surface area contributed by atoms with Gasteiger partial charge >= 0.3 is 5.97 Å². The van der Waals surface area contributed by atoms with Crippen molar-refractivity contribution in [1.82, 2.24) is 10.2 Å². The van der Waals surface area contributed by atoms with Gasteiger partial charge in [0, 0.05) is 11.4 Å². The Labute approximate surface area is 108 Å². The quantitative estimate of drug-likeness (QED) is 0.619. The number of carbonyl (C=O) groups is 2. The van der Waals surface area contributed by atoms with E-state index in [9.17, 15) is 9.59 Å². The maximum Gasteiger partial charge on any atom is 0.337 e. The first-order valence-electron chi connectivity index (χ1n) is 5.43.